The number of sulfone groups is 1. The smallest absolute Gasteiger partial charge is 0.232 e. The second kappa shape index (κ2) is 6.74. The molecule has 0 aromatic heterocycles. The van der Waals surface area contributed by atoms with Gasteiger partial charge in [0.05, 0.1) is 30.0 Å². The molecular formula is C10H19NO5S2. The lowest BCUT2D eigenvalue weighted by Gasteiger charge is -2.23. The molecule has 6 nitrogen and oxygen atoms in total. The minimum atomic E-state index is -2.99. The van der Waals surface area contributed by atoms with Crippen molar-refractivity contribution in [1.82, 2.24) is 4.90 Å². The summed E-state index contributed by atoms with van der Waals surface area (Å²) in [6.07, 6.45) is -0.325. The summed E-state index contributed by atoms with van der Waals surface area (Å²) in [6.45, 7) is -0.322. The minimum absolute atomic E-state index is 0.0408. The Balaban J connectivity index is 2.34. The first-order chi connectivity index (χ1) is 8.35. The van der Waals surface area contributed by atoms with E-state index in [9.17, 15) is 13.2 Å². The molecular weight excluding hydrogens is 278 g/mol. The van der Waals surface area contributed by atoms with Crippen molar-refractivity contribution in [2.24, 2.45) is 0 Å². The molecule has 2 atom stereocenters. The van der Waals surface area contributed by atoms with E-state index in [0.29, 0.717) is 12.2 Å². The highest BCUT2D eigenvalue weighted by atomic mass is 32.2. The standard InChI is InChI=1S/C10H19NO5S2/c1-11(8-2-3-18(15,16)7-8)10(14)6-17-5-9(13)4-12/h8-9,12-13H,2-7H2,1H3. The molecule has 2 N–H and O–H groups in total. The molecule has 8 heteroatoms. The van der Waals surface area contributed by atoms with E-state index in [-0.39, 0.29) is 35.8 Å². The topological polar surface area (TPSA) is 94.9 Å². The van der Waals surface area contributed by atoms with Crippen LogP contribution in [0.2, 0.25) is 0 Å². The highest BCUT2D eigenvalue weighted by Crippen LogP contribution is 2.17. The summed E-state index contributed by atoms with van der Waals surface area (Å²) in [6, 6.07) is -0.231. The molecule has 18 heavy (non-hydrogen) atoms. The molecule has 0 aromatic carbocycles. The van der Waals surface area contributed by atoms with Gasteiger partial charge in [0.2, 0.25) is 5.91 Å². The molecule has 1 fully saturated rings. The Hall–Kier alpha value is -0.310. The molecule has 1 aliphatic rings. The monoisotopic (exact) mass is 297 g/mol. The highest BCUT2D eigenvalue weighted by Gasteiger charge is 2.32. The third kappa shape index (κ3) is 4.75. The molecule has 2 unspecified atom stereocenters. The van der Waals surface area contributed by atoms with E-state index in [0.717, 1.165) is 0 Å². The van der Waals surface area contributed by atoms with E-state index < -0.39 is 15.9 Å². The van der Waals surface area contributed by atoms with Gasteiger partial charge >= 0.3 is 0 Å². The first-order valence-electron chi connectivity index (χ1n) is 5.68. The van der Waals surface area contributed by atoms with Gasteiger partial charge in [-0.3, -0.25) is 4.79 Å². The van der Waals surface area contributed by atoms with Crippen LogP contribution in [0.5, 0.6) is 0 Å². The van der Waals surface area contributed by atoms with Crippen LogP contribution >= 0.6 is 11.8 Å². The maximum atomic E-state index is 11.8. The van der Waals surface area contributed by atoms with E-state index in [1.165, 1.54) is 16.7 Å². The number of carbonyl (C=O) groups is 1. The van der Waals surface area contributed by atoms with Crippen molar-refractivity contribution in [3.05, 3.63) is 0 Å². The van der Waals surface area contributed by atoms with Crippen molar-refractivity contribution in [2.45, 2.75) is 18.6 Å². The molecule has 1 saturated heterocycles. The van der Waals surface area contributed by atoms with Crippen LogP contribution in [0.4, 0.5) is 0 Å². The summed E-state index contributed by atoms with van der Waals surface area (Å²) < 4.78 is 22.6. The fraction of sp³-hybridized carbons (Fsp3) is 0.900. The summed E-state index contributed by atoms with van der Waals surface area (Å²) in [5.74, 6) is 0.515. The van der Waals surface area contributed by atoms with Gasteiger partial charge in [-0.1, -0.05) is 0 Å². The molecule has 0 spiro atoms. The number of nitrogens with zero attached hydrogens (tertiary/aromatic N) is 1. The highest BCUT2D eigenvalue weighted by molar-refractivity contribution is 8.00. The van der Waals surface area contributed by atoms with Gasteiger partial charge in [0.25, 0.3) is 0 Å². The predicted octanol–water partition coefficient (Wildman–Crippen LogP) is -1.28. The Labute approximate surface area is 111 Å². The summed E-state index contributed by atoms with van der Waals surface area (Å²) in [7, 11) is -1.38. The molecule has 106 valence electrons. The van der Waals surface area contributed by atoms with E-state index >= 15 is 0 Å². The van der Waals surface area contributed by atoms with Gasteiger partial charge < -0.3 is 15.1 Å². The maximum Gasteiger partial charge on any atom is 0.232 e. The average Bonchev–Trinajstić information content (AvgIpc) is 2.68. The molecule has 0 saturated carbocycles. The van der Waals surface area contributed by atoms with Crippen molar-refractivity contribution in [3.8, 4) is 0 Å². The lowest BCUT2D eigenvalue weighted by molar-refractivity contribution is -0.128. The van der Waals surface area contributed by atoms with Gasteiger partial charge in [-0.05, 0) is 6.42 Å². The van der Waals surface area contributed by atoms with Crippen LogP contribution in [-0.2, 0) is 14.6 Å². The average molecular weight is 297 g/mol. The fourth-order valence-corrected chi connectivity index (χ4v) is 4.37. The third-order valence-corrected chi connectivity index (χ3v) is 5.72. The van der Waals surface area contributed by atoms with E-state index in [1.807, 2.05) is 0 Å². The molecule has 0 radical (unpaired) electrons. The summed E-state index contributed by atoms with van der Waals surface area (Å²) >= 11 is 1.23. The van der Waals surface area contributed by atoms with Gasteiger partial charge in [0.1, 0.15) is 0 Å². The van der Waals surface area contributed by atoms with Crippen LogP contribution in [0.3, 0.4) is 0 Å². The minimum Gasteiger partial charge on any atom is -0.394 e. The van der Waals surface area contributed by atoms with Gasteiger partial charge in [-0.2, -0.15) is 0 Å². The number of carbonyl (C=O) groups excluding carboxylic acids is 1. The Morgan fingerprint density at radius 2 is 2.22 bits per heavy atom. The first-order valence-corrected chi connectivity index (χ1v) is 8.66. The lowest BCUT2D eigenvalue weighted by Crippen LogP contribution is -2.39. The van der Waals surface area contributed by atoms with E-state index in [1.54, 1.807) is 7.05 Å². The van der Waals surface area contributed by atoms with Gasteiger partial charge in [0, 0.05) is 18.8 Å². The van der Waals surface area contributed by atoms with Gasteiger partial charge in [-0.15, -0.1) is 11.8 Å². The lowest BCUT2D eigenvalue weighted by atomic mass is 10.2. The summed E-state index contributed by atoms with van der Waals surface area (Å²) in [4.78, 5) is 13.3. The van der Waals surface area contributed by atoms with Crippen LogP contribution in [0.15, 0.2) is 0 Å². The number of aliphatic hydroxyl groups excluding tert-OH is 2. The summed E-state index contributed by atoms with van der Waals surface area (Å²) in [5.41, 5.74) is 0. The zero-order chi connectivity index (χ0) is 13.8. The third-order valence-electron chi connectivity index (χ3n) is 2.90. The fourth-order valence-electron chi connectivity index (χ4n) is 1.72. The zero-order valence-electron chi connectivity index (χ0n) is 10.3. The van der Waals surface area contributed by atoms with Crippen molar-refractivity contribution in [3.63, 3.8) is 0 Å². The van der Waals surface area contributed by atoms with Crippen LogP contribution < -0.4 is 0 Å². The largest absolute Gasteiger partial charge is 0.394 e. The number of rotatable bonds is 6. The predicted molar refractivity (Wildman–Crippen MR) is 70.2 cm³/mol. The molecule has 1 aliphatic heterocycles. The number of amides is 1. The molecule has 0 aliphatic carbocycles. The molecule has 0 bridgehead atoms. The first kappa shape index (κ1) is 15.7. The second-order valence-electron chi connectivity index (χ2n) is 4.41. The van der Waals surface area contributed by atoms with E-state index in [2.05, 4.69) is 0 Å². The van der Waals surface area contributed by atoms with Crippen molar-refractivity contribution in [2.75, 3.05) is 36.7 Å². The number of aliphatic hydroxyl groups is 2. The summed E-state index contributed by atoms with van der Waals surface area (Å²) in [5, 5.41) is 17.7. The Morgan fingerprint density at radius 3 is 2.72 bits per heavy atom. The van der Waals surface area contributed by atoms with Gasteiger partial charge in [0.15, 0.2) is 9.84 Å². The molecule has 1 heterocycles. The van der Waals surface area contributed by atoms with Crippen LogP contribution in [-0.4, -0.2) is 78.2 Å². The Morgan fingerprint density at radius 1 is 1.56 bits per heavy atom. The molecule has 1 rings (SSSR count). The van der Waals surface area contributed by atoms with Crippen molar-refractivity contribution < 1.29 is 23.4 Å². The normalized spacial score (nSPS) is 23.8. The van der Waals surface area contributed by atoms with Crippen molar-refractivity contribution in [1.29, 1.82) is 0 Å². The second-order valence-corrected chi connectivity index (χ2v) is 7.67. The van der Waals surface area contributed by atoms with Crippen LogP contribution in [0.25, 0.3) is 0 Å². The van der Waals surface area contributed by atoms with Crippen molar-refractivity contribution >= 4 is 27.5 Å². The quantitative estimate of drug-likeness (QED) is 0.634. The molecule has 0 aromatic rings. The van der Waals surface area contributed by atoms with Crippen LogP contribution in [0.1, 0.15) is 6.42 Å². The number of thioether (sulfide) groups is 1. The Bertz CT molecular complexity index is 384. The van der Waals surface area contributed by atoms with E-state index in [4.69, 9.17) is 10.2 Å². The van der Waals surface area contributed by atoms with Gasteiger partial charge in [-0.25, -0.2) is 8.42 Å². The SMILES string of the molecule is CN(C(=O)CSCC(O)CO)C1CCS(=O)(=O)C1. The number of hydrogen-bond donors (Lipinski definition) is 2. The maximum absolute atomic E-state index is 11.8. The molecule has 1 amide bonds. The zero-order valence-corrected chi connectivity index (χ0v) is 11.9. The Kier molecular flexibility index (Phi) is 5.90. The van der Waals surface area contributed by atoms with Crippen LogP contribution in [0, 0.1) is 0 Å². The number of hydrogen-bond acceptors (Lipinski definition) is 6.